The fourth-order valence-electron chi connectivity index (χ4n) is 2.18. The summed E-state index contributed by atoms with van der Waals surface area (Å²) in [5.41, 5.74) is 0. The topological polar surface area (TPSA) is 37.8 Å². The Bertz CT molecular complexity index is 517. The van der Waals surface area contributed by atoms with Crippen LogP contribution in [0, 0.1) is 0 Å². The van der Waals surface area contributed by atoms with Crippen LogP contribution in [0.15, 0.2) is 17.8 Å². The monoisotopic (exact) mass is 265 g/mol. The number of nitrogens with one attached hydrogen (secondary N) is 1. The molecule has 2 aromatic heterocycles. The summed E-state index contributed by atoms with van der Waals surface area (Å²) in [5.74, 6) is 2.26. The first-order valence-electron chi connectivity index (χ1n) is 5.83. The van der Waals surface area contributed by atoms with Crippen LogP contribution in [0.5, 0.6) is 0 Å². The molecule has 1 aliphatic heterocycles. The molecule has 0 aliphatic carbocycles. The Kier molecular flexibility index (Phi) is 2.96. The molecule has 0 aromatic carbocycles. The summed E-state index contributed by atoms with van der Waals surface area (Å²) < 4.78 is 0.368. The van der Waals surface area contributed by atoms with Crippen molar-refractivity contribution in [1.82, 2.24) is 9.97 Å². The van der Waals surface area contributed by atoms with E-state index in [1.165, 1.54) is 18.6 Å². The predicted molar refractivity (Wildman–Crippen MR) is 76.0 cm³/mol. The summed E-state index contributed by atoms with van der Waals surface area (Å²) in [5, 5.41) is 6.70. The fourth-order valence-corrected chi connectivity index (χ4v) is 4.15. The van der Waals surface area contributed by atoms with Gasteiger partial charge in [0.1, 0.15) is 17.0 Å². The van der Waals surface area contributed by atoms with Gasteiger partial charge in [-0.25, -0.2) is 9.97 Å². The van der Waals surface area contributed by atoms with E-state index in [1.807, 2.05) is 0 Å². The quantitative estimate of drug-likeness (QED) is 0.923. The molecular weight excluding hydrogens is 250 g/mol. The van der Waals surface area contributed by atoms with E-state index >= 15 is 0 Å². The number of anilines is 1. The molecule has 90 valence electrons. The number of rotatable bonds is 3. The summed E-state index contributed by atoms with van der Waals surface area (Å²) in [4.78, 5) is 9.67. The second-order valence-corrected chi connectivity index (χ2v) is 7.19. The van der Waals surface area contributed by atoms with Crippen LogP contribution < -0.4 is 5.32 Å². The molecule has 1 aliphatic rings. The molecule has 5 heteroatoms. The largest absolute Gasteiger partial charge is 0.368 e. The van der Waals surface area contributed by atoms with Gasteiger partial charge in [-0.15, -0.1) is 11.3 Å². The summed E-state index contributed by atoms with van der Waals surface area (Å²) >= 11 is 3.73. The molecule has 17 heavy (non-hydrogen) atoms. The first kappa shape index (κ1) is 11.3. The Hall–Kier alpha value is -0.810. The highest BCUT2D eigenvalue weighted by molar-refractivity contribution is 8.00. The Labute approximate surface area is 109 Å². The molecule has 3 heterocycles. The van der Waals surface area contributed by atoms with Crippen molar-refractivity contribution in [2.75, 3.05) is 17.6 Å². The van der Waals surface area contributed by atoms with E-state index in [1.54, 1.807) is 17.7 Å². The van der Waals surface area contributed by atoms with Gasteiger partial charge in [-0.3, -0.25) is 0 Å². The summed E-state index contributed by atoms with van der Waals surface area (Å²) in [6.07, 6.45) is 4.27. The van der Waals surface area contributed by atoms with Crippen LogP contribution in [0.2, 0.25) is 0 Å². The molecule has 2 aromatic rings. The van der Waals surface area contributed by atoms with E-state index < -0.39 is 0 Å². The molecule has 3 rings (SSSR count). The maximum Gasteiger partial charge on any atom is 0.138 e. The van der Waals surface area contributed by atoms with Crippen LogP contribution in [0.4, 0.5) is 5.82 Å². The molecule has 0 amide bonds. The lowest BCUT2D eigenvalue weighted by molar-refractivity contribution is 0.634. The third kappa shape index (κ3) is 2.26. The second-order valence-electron chi connectivity index (χ2n) is 4.62. The molecular formula is C12H15N3S2. The number of hydrogen-bond acceptors (Lipinski definition) is 5. The van der Waals surface area contributed by atoms with Crippen LogP contribution in [0.1, 0.15) is 19.8 Å². The van der Waals surface area contributed by atoms with Crippen molar-refractivity contribution in [1.29, 1.82) is 0 Å². The van der Waals surface area contributed by atoms with Gasteiger partial charge in [-0.2, -0.15) is 11.8 Å². The van der Waals surface area contributed by atoms with Crippen molar-refractivity contribution >= 4 is 39.1 Å². The number of nitrogens with zero attached hydrogens (tertiary/aromatic N) is 2. The van der Waals surface area contributed by atoms with Gasteiger partial charge in [-0.05, 0) is 37.0 Å². The standard InChI is InChI=1S/C12H15N3S2/c1-12(4-2-5-17-12)7-13-10-9-3-6-16-11(9)15-8-14-10/h3,6,8H,2,4-5,7H2,1H3,(H,13,14,15). The molecule has 1 fully saturated rings. The SMILES string of the molecule is CC1(CNc2ncnc3sccc23)CCCS1. The van der Waals surface area contributed by atoms with Crippen LogP contribution in [0.3, 0.4) is 0 Å². The van der Waals surface area contributed by atoms with E-state index in [4.69, 9.17) is 0 Å². The smallest absolute Gasteiger partial charge is 0.138 e. The third-order valence-corrected chi connectivity index (χ3v) is 5.55. The van der Waals surface area contributed by atoms with Gasteiger partial charge >= 0.3 is 0 Å². The van der Waals surface area contributed by atoms with E-state index in [0.717, 1.165) is 22.6 Å². The lowest BCUT2D eigenvalue weighted by Crippen LogP contribution is -2.27. The van der Waals surface area contributed by atoms with E-state index in [0.29, 0.717) is 4.75 Å². The van der Waals surface area contributed by atoms with Gasteiger partial charge in [0.2, 0.25) is 0 Å². The van der Waals surface area contributed by atoms with Crippen molar-refractivity contribution in [2.45, 2.75) is 24.5 Å². The van der Waals surface area contributed by atoms with Gasteiger partial charge < -0.3 is 5.32 Å². The van der Waals surface area contributed by atoms with Gasteiger partial charge in [0.15, 0.2) is 0 Å². The zero-order chi connectivity index (χ0) is 11.7. The fraction of sp³-hybridized carbons (Fsp3) is 0.500. The number of hydrogen-bond donors (Lipinski definition) is 1. The first-order chi connectivity index (χ1) is 8.27. The molecule has 1 atom stereocenters. The second kappa shape index (κ2) is 4.46. The molecule has 1 saturated heterocycles. The number of aromatic nitrogens is 2. The number of thioether (sulfide) groups is 1. The summed E-state index contributed by atoms with van der Waals surface area (Å²) in [7, 11) is 0. The van der Waals surface area contributed by atoms with Gasteiger partial charge in [0.05, 0.1) is 5.39 Å². The predicted octanol–water partition coefficient (Wildman–Crippen LogP) is 3.39. The zero-order valence-corrected chi connectivity index (χ0v) is 11.4. The van der Waals surface area contributed by atoms with Crippen molar-refractivity contribution in [3.8, 4) is 0 Å². The Morgan fingerprint density at radius 3 is 3.24 bits per heavy atom. The highest BCUT2D eigenvalue weighted by atomic mass is 32.2. The Morgan fingerprint density at radius 1 is 1.47 bits per heavy atom. The maximum absolute atomic E-state index is 4.35. The minimum absolute atomic E-state index is 0.368. The van der Waals surface area contributed by atoms with E-state index in [2.05, 4.69) is 45.4 Å². The average molecular weight is 265 g/mol. The van der Waals surface area contributed by atoms with Crippen LogP contribution in [0.25, 0.3) is 10.2 Å². The van der Waals surface area contributed by atoms with Crippen LogP contribution in [-0.4, -0.2) is 27.0 Å². The lowest BCUT2D eigenvalue weighted by atomic mass is 10.1. The molecule has 1 N–H and O–H groups in total. The van der Waals surface area contributed by atoms with Crippen molar-refractivity contribution in [3.05, 3.63) is 17.8 Å². The number of fused-ring (bicyclic) bond motifs is 1. The van der Waals surface area contributed by atoms with E-state index in [9.17, 15) is 0 Å². The van der Waals surface area contributed by atoms with Gasteiger partial charge in [0.25, 0.3) is 0 Å². The molecule has 0 radical (unpaired) electrons. The number of thiophene rings is 1. The minimum atomic E-state index is 0.368. The highest BCUT2D eigenvalue weighted by Crippen LogP contribution is 2.38. The first-order valence-corrected chi connectivity index (χ1v) is 7.69. The average Bonchev–Trinajstić information content (AvgIpc) is 2.95. The van der Waals surface area contributed by atoms with Gasteiger partial charge in [0, 0.05) is 11.3 Å². The molecule has 3 nitrogen and oxygen atoms in total. The molecule has 0 saturated carbocycles. The maximum atomic E-state index is 4.35. The molecule has 0 bridgehead atoms. The minimum Gasteiger partial charge on any atom is -0.368 e. The molecule has 0 spiro atoms. The highest BCUT2D eigenvalue weighted by Gasteiger charge is 2.29. The van der Waals surface area contributed by atoms with Gasteiger partial charge in [-0.1, -0.05) is 0 Å². The van der Waals surface area contributed by atoms with Crippen LogP contribution >= 0.6 is 23.1 Å². The van der Waals surface area contributed by atoms with Crippen molar-refractivity contribution in [3.63, 3.8) is 0 Å². The third-order valence-electron chi connectivity index (χ3n) is 3.19. The molecule has 1 unspecified atom stereocenters. The Balaban J connectivity index is 1.78. The van der Waals surface area contributed by atoms with Crippen molar-refractivity contribution < 1.29 is 0 Å². The summed E-state index contributed by atoms with van der Waals surface area (Å²) in [6, 6.07) is 2.09. The van der Waals surface area contributed by atoms with Crippen molar-refractivity contribution in [2.24, 2.45) is 0 Å². The zero-order valence-electron chi connectivity index (χ0n) is 9.77. The Morgan fingerprint density at radius 2 is 2.41 bits per heavy atom. The normalized spacial score (nSPS) is 24.3. The van der Waals surface area contributed by atoms with Crippen LogP contribution in [-0.2, 0) is 0 Å². The van der Waals surface area contributed by atoms with E-state index in [-0.39, 0.29) is 0 Å². The lowest BCUT2D eigenvalue weighted by Gasteiger charge is -2.23. The summed E-state index contributed by atoms with van der Waals surface area (Å²) in [6.45, 7) is 3.32.